The molecule has 1 N–H and O–H groups in total. The lowest BCUT2D eigenvalue weighted by molar-refractivity contribution is 0.238. The monoisotopic (exact) mass is 268 g/mol. The highest BCUT2D eigenvalue weighted by Gasteiger charge is 2.29. The zero-order chi connectivity index (χ0) is 13.2. The Balaban J connectivity index is 2.14. The average molecular weight is 269 g/mol. The van der Waals surface area contributed by atoms with Gasteiger partial charge in [0.15, 0.2) is 5.82 Å². The molecule has 1 saturated heterocycles. The van der Waals surface area contributed by atoms with E-state index in [-0.39, 0.29) is 0 Å². The van der Waals surface area contributed by atoms with Gasteiger partial charge in [-0.05, 0) is 18.3 Å². The fourth-order valence-electron chi connectivity index (χ4n) is 2.31. The largest absolute Gasteiger partial charge is 0.357 e. The molecule has 1 fully saturated rings. The summed E-state index contributed by atoms with van der Waals surface area (Å²) in [6.07, 6.45) is 5.29. The molecule has 5 heteroatoms. The summed E-state index contributed by atoms with van der Waals surface area (Å²) in [6.45, 7) is 6.67. The van der Waals surface area contributed by atoms with Gasteiger partial charge in [0.2, 0.25) is 5.95 Å². The van der Waals surface area contributed by atoms with Crippen LogP contribution in [0.4, 0.5) is 11.8 Å². The molecule has 100 valence electrons. The van der Waals surface area contributed by atoms with E-state index in [0.29, 0.717) is 16.4 Å². The Morgan fingerprint density at radius 2 is 2.11 bits per heavy atom. The Morgan fingerprint density at radius 3 is 2.67 bits per heavy atom. The fraction of sp³-hybridized carbons (Fsp3) is 0.692. The SMILES string of the molecule is CCC1(C)CCN(c2nc(NC)ncc2Cl)CC1. The number of rotatable bonds is 3. The van der Waals surface area contributed by atoms with Crippen LogP contribution >= 0.6 is 11.6 Å². The van der Waals surface area contributed by atoms with Gasteiger partial charge in [-0.2, -0.15) is 4.98 Å². The summed E-state index contributed by atoms with van der Waals surface area (Å²) >= 11 is 6.20. The van der Waals surface area contributed by atoms with Gasteiger partial charge in [0.1, 0.15) is 5.02 Å². The van der Waals surface area contributed by atoms with E-state index in [1.807, 2.05) is 7.05 Å². The van der Waals surface area contributed by atoms with Crippen molar-refractivity contribution in [1.82, 2.24) is 9.97 Å². The summed E-state index contributed by atoms with van der Waals surface area (Å²) < 4.78 is 0. The molecule has 0 aliphatic carbocycles. The van der Waals surface area contributed by atoms with Crippen LogP contribution in [0, 0.1) is 5.41 Å². The van der Waals surface area contributed by atoms with Crippen molar-refractivity contribution in [2.45, 2.75) is 33.1 Å². The fourth-order valence-corrected chi connectivity index (χ4v) is 2.52. The molecule has 4 nitrogen and oxygen atoms in total. The highest BCUT2D eigenvalue weighted by Crippen LogP contribution is 2.36. The molecule has 1 aliphatic rings. The number of hydrogen-bond donors (Lipinski definition) is 1. The summed E-state index contributed by atoms with van der Waals surface area (Å²) in [5, 5.41) is 3.59. The first-order chi connectivity index (χ1) is 8.58. The maximum atomic E-state index is 6.20. The van der Waals surface area contributed by atoms with Crippen LogP contribution in [0.1, 0.15) is 33.1 Å². The van der Waals surface area contributed by atoms with Crippen molar-refractivity contribution in [2.75, 3.05) is 30.4 Å². The molecule has 18 heavy (non-hydrogen) atoms. The van der Waals surface area contributed by atoms with E-state index in [4.69, 9.17) is 11.6 Å². The van der Waals surface area contributed by atoms with Crippen molar-refractivity contribution in [3.8, 4) is 0 Å². The first kappa shape index (κ1) is 13.4. The first-order valence-corrected chi connectivity index (χ1v) is 6.91. The lowest BCUT2D eigenvalue weighted by Gasteiger charge is -2.39. The molecule has 0 atom stereocenters. The van der Waals surface area contributed by atoms with Gasteiger partial charge in [-0.15, -0.1) is 0 Å². The third-order valence-corrected chi connectivity index (χ3v) is 4.34. The van der Waals surface area contributed by atoms with E-state index in [2.05, 4.69) is 34.0 Å². The van der Waals surface area contributed by atoms with E-state index < -0.39 is 0 Å². The van der Waals surface area contributed by atoms with Crippen LogP contribution in [-0.2, 0) is 0 Å². The zero-order valence-corrected chi connectivity index (χ0v) is 12.1. The van der Waals surface area contributed by atoms with Gasteiger partial charge in [-0.3, -0.25) is 0 Å². The maximum absolute atomic E-state index is 6.20. The minimum atomic E-state index is 0.474. The van der Waals surface area contributed by atoms with Crippen molar-refractivity contribution < 1.29 is 0 Å². The number of nitrogens with one attached hydrogen (secondary N) is 1. The molecule has 0 unspecified atom stereocenters. The van der Waals surface area contributed by atoms with Crippen LogP contribution < -0.4 is 10.2 Å². The lowest BCUT2D eigenvalue weighted by atomic mass is 9.78. The maximum Gasteiger partial charge on any atom is 0.224 e. The van der Waals surface area contributed by atoms with Gasteiger partial charge < -0.3 is 10.2 Å². The van der Waals surface area contributed by atoms with Crippen LogP contribution in [0.15, 0.2) is 6.20 Å². The minimum absolute atomic E-state index is 0.474. The first-order valence-electron chi connectivity index (χ1n) is 6.53. The van der Waals surface area contributed by atoms with E-state index in [1.54, 1.807) is 6.20 Å². The van der Waals surface area contributed by atoms with Crippen LogP contribution in [0.3, 0.4) is 0 Å². The molecule has 2 rings (SSSR count). The highest BCUT2D eigenvalue weighted by molar-refractivity contribution is 6.32. The third-order valence-electron chi connectivity index (χ3n) is 4.07. The molecule has 2 heterocycles. The topological polar surface area (TPSA) is 41.1 Å². The molecule has 0 bridgehead atoms. The van der Waals surface area contributed by atoms with Crippen molar-refractivity contribution in [1.29, 1.82) is 0 Å². The minimum Gasteiger partial charge on any atom is -0.357 e. The van der Waals surface area contributed by atoms with Crippen molar-refractivity contribution in [3.05, 3.63) is 11.2 Å². The predicted molar refractivity (Wildman–Crippen MR) is 76.4 cm³/mol. The zero-order valence-electron chi connectivity index (χ0n) is 11.3. The van der Waals surface area contributed by atoms with Crippen molar-refractivity contribution in [3.63, 3.8) is 0 Å². The van der Waals surface area contributed by atoms with Crippen LogP contribution in [0.5, 0.6) is 0 Å². The predicted octanol–water partition coefficient (Wildman–Crippen LogP) is 3.19. The molecule has 1 aromatic heterocycles. The Bertz CT molecular complexity index is 413. The normalized spacial score (nSPS) is 18.8. The van der Waals surface area contributed by atoms with Crippen LogP contribution in [0.2, 0.25) is 5.02 Å². The molecule has 0 aromatic carbocycles. The van der Waals surface area contributed by atoms with Gasteiger partial charge in [-0.1, -0.05) is 31.9 Å². The standard InChI is InChI=1S/C13H21ClN4/c1-4-13(2)5-7-18(8-6-13)11-10(14)9-16-12(15-3)17-11/h9H,4-8H2,1-3H3,(H,15,16,17). The van der Waals surface area contributed by atoms with Gasteiger partial charge >= 0.3 is 0 Å². The molecular weight excluding hydrogens is 248 g/mol. The number of piperidine rings is 1. The van der Waals surface area contributed by atoms with Gasteiger partial charge in [0, 0.05) is 20.1 Å². The molecule has 0 spiro atoms. The second kappa shape index (κ2) is 5.31. The third kappa shape index (κ3) is 2.69. The van der Waals surface area contributed by atoms with E-state index in [0.717, 1.165) is 18.9 Å². The second-order valence-corrected chi connectivity index (χ2v) is 5.67. The number of halogens is 1. The van der Waals surface area contributed by atoms with Crippen molar-refractivity contribution >= 4 is 23.4 Å². The number of hydrogen-bond acceptors (Lipinski definition) is 4. The quantitative estimate of drug-likeness (QED) is 0.914. The Morgan fingerprint density at radius 1 is 1.44 bits per heavy atom. The molecule has 1 aromatic rings. The lowest BCUT2D eigenvalue weighted by Crippen LogP contribution is -2.39. The molecule has 0 amide bonds. The number of aromatic nitrogens is 2. The molecule has 0 saturated carbocycles. The Kier molecular flexibility index (Phi) is 3.95. The summed E-state index contributed by atoms with van der Waals surface area (Å²) in [7, 11) is 1.82. The van der Waals surface area contributed by atoms with E-state index >= 15 is 0 Å². The van der Waals surface area contributed by atoms with E-state index in [1.165, 1.54) is 19.3 Å². The van der Waals surface area contributed by atoms with Crippen LogP contribution in [0.25, 0.3) is 0 Å². The van der Waals surface area contributed by atoms with Gasteiger partial charge in [0.05, 0.1) is 6.20 Å². The smallest absolute Gasteiger partial charge is 0.224 e. The summed E-state index contributed by atoms with van der Waals surface area (Å²) in [5.41, 5.74) is 0.474. The van der Waals surface area contributed by atoms with Crippen molar-refractivity contribution in [2.24, 2.45) is 5.41 Å². The summed E-state index contributed by atoms with van der Waals surface area (Å²) in [6, 6.07) is 0. The molecular formula is C13H21ClN4. The summed E-state index contributed by atoms with van der Waals surface area (Å²) in [4.78, 5) is 10.8. The number of anilines is 2. The molecule has 0 radical (unpaired) electrons. The summed E-state index contributed by atoms with van der Waals surface area (Å²) in [5.74, 6) is 1.48. The highest BCUT2D eigenvalue weighted by atomic mass is 35.5. The molecule has 1 aliphatic heterocycles. The number of nitrogens with zero attached hydrogens (tertiary/aromatic N) is 3. The van der Waals surface area contributed by atoms with Gasteiger partial charge in [-0.25, -0.2) is 4.98 Å². The Labute approximate surface area is 114 Å². The van der Waals surface area contributed by atoms with Crippen LogP contribution in [-0.4, -0.2) is 30.1 Å². The van der Waals surface area contributed by atoms with E-state index in [9.17, 15) is 0 Å². The average Bonchev–Trinajstić information content (AvgIpc) is 2.41. The second-order valence-electron chi connectivity index (χ2n) is 5.27. The Hall–Kier alpha value is -1.03. The van der Waals surface area contributed by atoms with Gasteiger partial charge in [0.25, 0.3) is 0 Å².